The summed E-state index contributed by atoms with van der Waals surface area (Å²) in [5, 5.41) is 95.4. The van der Waals surface area contributed by atoms with Gasteiger partial charge >= 0.3 is 5.97 Å². The molecule has 0 aromatic rings. The summed E-state index contributed by atoms with van der Waals surface area (Å²) in [5.74, 6) is -11.9. The Hall–Kier alpha value is -8.57. The predicted octanol–water partition coefficient (Wildman–Crippen LogP) is -8.15. The van der Waals surface area contributed by atoms with Crippen LogP contribution in [0.1, 0.15) is 83.5 Å². The standard InChI is InChI=1S/C50H74N14O20/c51-14-3-1-7-28(57-48(79)34(24-66)61-49(80)35-13-16-52-42-32(56-40(72)12-11-37(69)50(81)82)19-27-20-38(70)39(71)21-36(27)64(35)42)43(74)54-22-41(73)55-29(9-5-17-62(83)25-67)45(76)58-30-8-2-4-15-53-44(75)33(23-65)60-47(78)31(59-46(30)77)10-6-18-63(84)26-68/h19-21,25-26,28-31,33-36,52,65-66,70-71,83-84H,1-18,22-24,51H2,(H,53,75)(H,54,74)(H,55,73)(H,56,72)(H,57,79)(H,58,76)(H,59,77)(H,60,78)(H,61,80)(H,81,82)/p+1. The van der Waals surface area contributed by atoms with Gasteiger partial charge in [0, 0.05) is 57.1 Å². The number of fused-ring (bicyclic) bond motifs is 3. The molecule has 11 amide bonds. The first-order valence-electron chi connectivity index (χ1n) is 27.1. The monoisotopic (exact) mass is 1190 g/mol. The molecule has 9 unspecified atom stereocenters. The molecule has 2 saturated heterocycles. The second-order valence-electron chi connectivity index (χ2n) is 19.9. The Labute approximate surface area is 480 Å². The number of aliphatic carboxylic acids is 1. The number of nitrogens with two attached hydrogens (primary N) is 1. The highest BCUT2D eigenvalue weighted by atomic mass is 16.5. The lowest BCUT2D eigenvalue weighted by molar-refractivity contribution is -0.900. The number of nitrogens with one attached hydrogen (secondary N) is 11. The topological polar surface area (TPSA) is 521 Å². The maximum atomic E-state index is 14.2. The molecule has 3 aliphatic heterocycles. The number of nitrogens with zero attached hydrogens (tertiary/aromatic N) is 2. The number of quaternary nitrogens is 1. The summed E-state index contributed by atoms with van der Waals surface area (Å²) < 4.78 is 0. The number of hydroxylamine groups is 4. The van der Waals surface area contributed by atoms with Gasteiger partial charge in [-0.3, -0.25) is 72.8 Å². The normalized spacial score (nSPS) is 21.7. The molecule has 0 spiro atoms. The maximum absolute atomic E-state index is 14.2. The lowest BCUT2D eigenvalue weighted by Gasteiger charge is -2.42. The number of hydrogen-bond acceptors (Lipinski definition) is 21. The average molecular weight is 1190 g/mol. The third-order valence-electron chi connectivity index (χ3n) is 13.7. The van der Waals surface area contributed by atoms with E-state index < -0.39 is 157 Å². The van der Waals surface area contributed by atoms with E-state index in [0.717, 1.165) is 0 Å². The molecule has 84 heavy (non-hydrogen) atoms. The fourth-order valence-corrected chi connectivity index (χ4v) is 9.30. The number of amides is 11. The Bertz CT molecular complexity index is 2580. The van der Waals surface area contributed by atoms with Gasteiger partial charge in [-0.15, -0.1) is 0 Å². The number of carbonyl (C=O) groups is 13. The van der Waals surface area contributed by atoms with Crippen LogP contribution < -0.4 is 63.8 Å². The summed E-state index contributed by atoms with van der Waals surface area (Å²) in [5.41, 5.74) is 6.05. The summed E-state index contributed by atoms with van der Waals surface area (Å²) in [6, 6.07) is -10.9. The van der Waals surface area contributed by atoms with Crippen LogP contribution >= 0.6 is 0 Å². The molecule has 0 bridgehead atoms. The molecule has 4 rings (SSSR count). The van der Waals surface area contributed by atoms with Crippen LogP contribution in [0.2, 0.25) is 0 Å². The molecule has 2 fully saturated rings. The molecular formula is C50H75N14O20+. The molecule has 9 atom stereocenters. The van der Waals surface area contributed by atoms with Gasteiger partial charge in [-0.05, 0) is 82.9 Å². The van der Waals surface area contributed by atoms with E-state index >= 15 is 0 Å². The molecule has 34 nitrogen and oxygen atoms in total. The van der Waals surface area contributed by atoms with Crippen molar-refractivity contribution in [3.63, 3.8) is 0 Å². The third-order valence-corrected chi connectivity index (χ3v) is 13.7. The van der Waals surface area contributed by atoms with Crippen molar-refractivity contribution in [1.29, 1.82) is 0 Å². The quantitative estimate of drug-likeness (QED) is 0.0101. The molecule has 34 heteroatoms. The Morgan fingerprint density at radius 1 is 0.726 bits per heavy atom. The molecule has 4 aliphatic rings. The highest BCUT2D eigenvalue weighted by Crippen LogP contribution is 2.24. The van der Waals surface area contributed by atoms with Crippen LogP contribution in [-0.2, 0) is 62.3 Å². The van der Waals surface area contributed by atoms with Crippen LogP contribution in [0.4, 0.5) is 0 Å². The number of hydrogen-bond donors (Lipinski definition) is 19. The Balaban J connectivity index is 1.49. The number of carbonyl (C=O) groups excluding carboxylic acids is 12. The third kappa shape index (κ3) is 20.7. The van der Waals surface area contributed by atoms with E-state index in [2.05, 4.69) is 53.2 Å². The van der Waals surface area contributed by atoms with E-state index in [-0.39, 0.29) is 131 Å². The summed E-state index contributed by atoms with van der Waals surface area (Å²) in [6.07, 6.45) is 3.28. The zero-order valence-corrected chi connectivity index (χ0v) is 45.8. The van der Waals surface area contributed by atoms with Gasteiger partial charge in [0.25, 0.3) is 5.91 Å². The predicted molar refractivity (Wildman–Crippen MR) is 284 cm³/mol. The van der Waals surface area contributed by atoms with E-state index in [1.54, 1.807) is 0 Å². The number of unbranched alkanes of at least 4 members (excludes halogenated alkanes) is 1. The zero-order chi connectivity index (χ0) is 62.0. The van der Waals surface area contributed by atoms with Crippen molar-refractivity contribution >= 4 is 77.7 Å². The van der Waals surface area contributed by atoms with E-state index in [4.69, 9.17) is 10.8 Å². The van der Waals surface area contributed by atoms with Gasteiger partial charge in [-0.2, -0.15) is 0 Å². The van der Waals surface area contributed by atoms with E-state index in [0.29, 0.717) is 17.1 Å². The summed E-state index contributed by atoms with van der Waals surface area (Å²) >= 11 is 0. The van der Waals surface area contributed by atoms with E-state index in [9.17, 15) is 93.2 Å². The molecule has 0 saturated carbocycles. The molecule has 464 valence electrons. The number of carboxylic acids is 1. The van der Waals surface area contributed by atoms with Crippen molar-refractivity contribution in [2.24, 2.45) is 5.73 Å². The summed E-state index contributed by atoms with van der Waals surface area (Å²) in [6.45, 7) is -2.89. The number of Topliss-reactive ketones (excluding diaryl/α,β-unsaturated/α-hetero) is 1. The highest BCUT2D eigenvalue weighted by molar-refractivity contribution is 6.32. The van der Waals surface area contributed by atoms with Crippen LogP contribution in [0.3, 0.4) is 0 Å². The van der Waals surface area contributed by atoms with Crippen molar-refractivity contribution in [2.75, 3.05) is 52.5 Å². The Morgan fingerprint density at radius 3 is 2.07 bits per heavy atom. The van der Waals surface area contributed by atoms with Crippen molar-refractivity contribution in [3.05, 3.63) is 46.8 Å². The number of aliphatic hydroxyl groups excluding tert-OH is 4. The van der Waals surface area contributed by atoms with Gasteiger partial charge in [0.2, 0.25) is 71.7 Å². The molecule has 0 radical (unpaired) electrons. The van der Waals surface area contributed by atoms with Crippen molar-refractivity contribution in [2.45, 2.75) is 132 Å². The minimum Gasteiger partial charge on any atom is -0.504 e. The largest absolute Gasteiger partial charge is 0.504 e. The fraction of sp³-hybridized carbons (Fsp3) is 0.580. The second kappa shape index (κ2) is 34.1. The zero-order valence-electron chi connectivity index (χ0n) is 45.8. The average Bonchev–Trinajstić information content (AvgIpc) is 1.54. The van der Waals surface area contributed by atoms with Crippen molar-refractivity contribution < 1.29 is 103 Å². The molecule has 1 aliphatic carbocycles. The SMILES string of the molecule is NCCCCC(NC(=O)C(CO)NC(=O)C1CCNC2=C(NC(=O)CCC(=O)C(=O)O)C=C3C=C(O)C(O)=CC3[NH+]21)C(=O)NCC(=O)NC(CCCN(O)C=O)C(=O)NC1CCCCNC(=O)C(CO)NC(=O)C(CCCN(O)C=O)NC1=O. The molecule has 0 aromatic heterocycles. The number of carboxylic acid groups (broad SMARTS) is 1. The Morgan fingerprint density at radius 2 is 1.40 bits per heavy atom. The number of rotatable bonds is 31. The van der Waals surface area contributed by atoms with Crippen LogP contribution in [0.5, 0.6) is 0 Å². The van der Waals surface area contributed by atoms with Crippen molar-refractivity contribution in [3.8, 4) is 0 Å². The maximum Gasteiger partial charge on any atom is 0.372 e. The molecular weight excluding hydrogens is 1120 g/mol. The second-order valence-corrected chi connectivity index (χ2v) is 19.9. The van der Waals surface area contributed by atoms with E-state index in [1.165, 1.54) is 18.2 Å². The van der Waals surface area contributed by atoms with E-state index in [1.807, 2.05) is 0 Å². The first-order valence-corrected chi connectivity index (χ1v) is 27.1. The molecule has 3 heterocycles. The number of allylic oxidation sites excluding steroid dienone is 1. The van der Waals surface area contributed by atoms with Gasteiger partial charge in [0.15, 0.2) is 17.6 Å². The first kappa shape index (κ1) is 67.9. The van der Waals surface area contributed by atoms with Gasteiger partial charge < -0.3 is 84.4 Å². The lowest BCUT2D eigenvalue weighted by Crippen LogP contribution is -3.21. The minimum absolute atomic E-state index is 0.0394. The van der Waals surface area contributed by atoms with Gasteiger partial charge in [-0.25, -0.2) is 14.9 Å². The van der Waals surface area contributed by atoms with Gasteiger partial charge in [0.05, 0.1) is 19.8 Å². The summed E-state index contributed by atoms with van der Waals surface area (Å²) in [4.78, 5) is 167. The first-order chi connectivity index (χ1) is 40.0. The molecule has 0 aromatic carbocycles. The van der Waals surface area contributed by atoms with Crippen LogP contribution in [0, 0.1) is 0 Å². The minimum atomic E-state index is -1.73. The fourth-order valence-electron chi connectivity index (χ4n) is 9.30. The van der Waals surface area contributed by atoms with Crippen molar-refractivity contribution in [1.82, 2.24) is 63.3 Å². The number of aliphatic hydroxyl groups is 4. The smallest absolute Gasteiger partial charge is 0.372 e. The van der Waals surface area contributed by atoms with Crippen LogP contribution in [0.15, 0.2) is 46.8 Å². The lowest BCUT2D eigenvalue weighted by atomic mass is 9.90. The summed E-state index contributed by atoms with van der Waals surface area (Å²) in [7, 11) is 0. The van der Waals surface area contributed by atoms with Crippen LogP contribution in [0.25, 0.3) is 0 Å². The van der Waals surface area contributed by atoms with Crippen LogP contribution in [-0.4, -0.2) is 225 Å². The van der Waals surface area contributed by atoms with Gasteiger partial charge in [-0.1, -0.05) is 0 Å². The number of ketones is 1. The van der Waals surface area contributed by atoms with Gasteiger partial charge in [0.1, 0.15) is 48.0 Å². The Kier molecular flexibility index (Phi) is 27.6. The highest BCUT2D eigenvalue weighted by Gasteiger charge is 2.47. The molecule has 20 N–H and O–H groups in total.